The van der Waals surface area contributed by atoms with Gasteiger partial charge in [-0.25, -0.2) is 4.98 Å². The molecule has 3 N–H and O–H groups in total. The van der Waals surface area contributed by atoms with Crippen molar-refractivity contribution in [2.45, 2.75) is 18.9 Å². The van der Waals surface area contributed by atoms with Gasteiger partial charge in [0.2, 0.25) is 0 Å². The molecule has 3 aliphatic rings. The number of carbonyl (C=O) groups is 1. The SMILES string of the molecule is Nc1cncc(C(=O)NC2CN3CCC2CC3)n1. The van der Waals surface area contributed by atoms with Gasteiger partial charge in [-0.3, -0.25) is 9.78 Å². The monoisotopic (exact) mass is 247 g/mol. The fourth-order valence-corrected chi connectivity index (χ4v) is 2.86. The minimum atomic E-state index is -0.173. The Hall–Kier alpha value is -1.69. The molecule has 0 saturated carbocycles. The number of piperidine rings is 3. The van der Waals surface area contributed by atoms with Crippen LogP contribution in [0.15, 0.2) is 12.4 Å². The van der Waals surface area contributed by atoms with Gasteiger partial charge >= 0.3 is 0 Å². The lowest BCUT2D eigenvalue weighted by atomic mass is 9.84. The number of nitrogens with one attached hydrogen (secondary N) is 1. The zero-order valence-corrected chi connectivity index (χ0v) is 10.2. The summed E-state index contributed by atoms with van der Waals surface area (Å²) < 4.78 is 0. The van der Waals surface area contributed by atoms with E-state index in [1.165, 1.54) is 25.2 Å². The Morgan fingerprint density at radius 3 is 2.78 bits per heavy atom. The molecule has 1 amide bonds. The lowest BCUT2D eigenvalue weighted by Gasteiger charge is -2.44. The highest BCUT2D eigenvalue weighted by molar-refractivity contribution is 5.92. The van der Waals surface area contributed by atoms with Crippen molar-refractivity contribution in [3.05, 3.63) is 18.1 Å². The summed E-state index contributed by atoms with van der Waals surface area (Å²) in [5.74, 6) is 0.707. The van der Waals surface area contributed by atoms with Crippen LogP contribution in [-0.4, -0.2) is 46.5 Å². The third-order valence-corrected chi connectivity index (χ3v) is 3.86. The average molecular weight is 247 g/mol. The second-order valence-electron chi connectivity index (χ2n) is 5.05. The maximum Gasteiger partial charge on any atom is 0.271 e. The second-order valence-corrected chi connectivity index (χ2v) is 5.05. The summed E-state index contributed by atoms with van der Waals surface area (Å²) in [6.45, 7) is 3.27. The third-order valence-electron chi connectivity index (χ3n) is 3.86. The van der Waals surface area contributed by atoms with E-state index in [9.17, 15) is 4.79 Å². The van der Waals surface area contributed by atoms with E-state index in [0.717, 1.165) is 19.6 Å². The van der Waals surface area contributed by atoms with Gasteiger partial charge in [-0.1, -0.05) is 0 Å². The standard InChI is InChI=1S/C12H17N5O/c13-11-6-14-5-9(15-11)12(18)16-10-7-17-3-1-8(10)2-4-17/h5-6,8,10H,1-4,7H2,(H2,13,15)(H,16,18). The van der Waals surface area contributed by atoms with E-state index in [1.807, 2.05) is 0 Å². The molecule has 3 fully saturated rings. The van der Waals surface area contributed by atoms with Gasteiger partial charge in [0, 0.05) is 12.6 Å². The van der Waals surface area contributed by atoms with Crippen LogP contribution in [0.25, 0.3) is 0 Å². The molecule has 3 aliphatic heterocycles. The minimum Gasteiger partial charge on any atom is -0.382 e. The van der Waals surface area contributed by atoms with Crippen molar-refractivity contribution in [2.75, 3.05) is 25.4 Å². The molecule has 0 aliphatic carbocycles. The molecule has 1 unspecified atom stereocenters. The predicted molar refractivity (Wildman–Crippen MR) is 66.9 cm³/mol. The van der Waals surface area contributed by atoms with Crippen LogP contribution in [-0.2, 0) is 0 Å². The first-order chi connectivity index (χ1) is 8.72. The van der Waals surface area contributed by atoms with Gasteiger partial charge in [-0.2, -0.15) is 0 Å². The molecule has 1 atom stereocenters. The van der Waals surface area contributed by atoms with Crippen molar-refractivity contribution in [3.8, 4) is 0 Å². The van der Waals surface area contributed by atoms with Crippen LogP contribution in [0, 0.1) is 5.92 Å². The zero-order chi connectivity index (χ0) is 12.5. The Kier molecular flexibility index (Phi) is 2.87. The van der Waals surface area contributed by atoms with Crippen molar-refractivity contribution in [2.24, 2.45) is 5.92 Å². The first-order valence-corrected chi connectivity index (χ1v) is 6.33. The van der Waals surface area contributed by atoms with Gasteiger partial charge in [0.05, 0.1) is 12.4 Å². The number of amides is 1. The molecule has 0 spiro atoms. The second kappa shape index (κ2) is 4.53. The molecule has 2 bridgehead atoms. The predicted octanol–water partition coefficient (Wildman–Crippen LogP) is -0.117. The van der Waals surface area contributed by atoms with Crippen LogP contribution in [0.2, 0.25) is 0 Å². The van der Waals surface area contributed by atoms with Crippen LogP contribution in [0.5, 0.6) is 0 Å². The molecule has 0 radical (unpaired) electrons. The summed E-state index contributed by atoms with van der Waals surface area (Å²) in [6.07, 6.45) is 5.24. The van der Waals surface area contributed by atoms with Crippen molar-refractivity contribution < 1.29 is 4.79 Å². The molecule has 4 heterocycles. The molecule has 18 heavy (non-hydrogen) atoms. The van der Waals surface area contributed by atoms with Crippen LogP contribution >= 0.6 is 0 Å². The molecular weight excluding hydrogens is 230 g/mol. The first-order valence-electron chi connectivity index (χ1n) is 6.33. The summed E-state index contributed by atoms with van der Waals surface area (Å²) in [5.41, 5.74) is 5.83. The largest absolute Gasteiger partial charge is 0.382 e. The highest BCUT2D eigenvalue weighted by Gasteiger charge is 2.35. The molecule has 0 aromatic carbocycles. The highest BCUT2D eigenvalue weighted by atomic mass is 16.2. The zero-order valence-electron chi connectivity index (χ0n) is 10.2. The number of fused-ring (bicyclic) bond motifs is 3. The number of hydrogen-bond donors (Lipinski definition) is 2. The number of nitrogens with two attached hydrogens (primary N) is 1. The van der Waals surface area contributed by atoms with Crippen molar-refractivity contribution in [3.63, 3.8) is 0 Å². The summed E-state index contributed by atoms with van der Waals surface area (Å²) in [4.78, 5) is 22.3. The number of aromatic nitrogens is 2. The molecule has 1 aromatic rings. The molecule has 1 aromatic heterocycles. The maximum atomic E-state index is 12.1. The number of nitrogen functional groups attached to an aromatic ring is 1. The van der Waals surface area contributed by atoms with Crippen LogP contribution in [0.4, 0.5) is 5.82 Å². The fraction of sp³-hybridized carbons (Fsp3) is 0.583. The summed E-state index contributed by atoms with van der Waals surface area (Å²) in [6, 6.07) is 0.239. The van der Waals surface area contributed by atoms with E-state index in [1.54, 1.807) is 0 Å². The van der Waals surface area contributed by atoms with Gasteiger partial charge in [0.1, 0.15) is 11.5 Å². The number of hydrogen-bond acceptors (Lipinski definition) is 5. The average Bonchev–Trinajstić information content (AvgIpc) is 2.40. The number of nitrogens with zero attached hydrogens (tertiary/aromatic N) is 3. The summed E-state index contributed by atoms with van der Waals surface area (Å²) in [5, 5.41) is 3.06. The lowest BCUT2D eigenvalue weighted by Crippen LogP contribution is -2.57. The van der Waals surface area contributed by atoms with Gasteiger partial charge in [-0.05, 0) is 31.8 Å². The number of carbonyl (C=O) groups excluding carboxylic acids is 1. The first kappa shape index (κ1) is 11.4. The van der Waals surface area contributed by atoms with Crippen LogP contribution < -0.4 is 11.1 Å². The summed E-state index contributed by atoms with van der Waals surface area (Å²) >= 11 is 0. The number of rotatable bonds is 2. The van der Waals surface area contributed by atoms with E-state index >= 15 is 0 Å². The van der Waals surface area contributed by atoms with Crippen molar-refractivity contribution >= 4 is 11.7 Å². The minimum absolute atomic E-state index is 0.173. The Bertz CT molecular complexity index is 456. The Morgan fingerprint density at radius 2 is 2.17 bits per heavy atom. The molecule has 6 nitrogen and oxygen atoms in total. The van der Waals surface area contributed by atoms with E-state index in [0.29, 0.717) is 11.6 Å². The third kappa shape index (κ3) is 2.15. The maximum absolute atomic E-state index is 12.1. The van der Waals surface area contributed by atoms with Crippen LogP contribution in [0.1, 0.15) is 23.3 Å². The van der Waals surface area contributed by atoms with Crippen molar-refractivity contribution in [1.29, 1.82) is 0 Å². The van der Waals surface area contributed by atoms with Crippen molar-refractivity contribution in [1.82, 2.24) is 20.2 Å². The Morgan fingerprint density at radius 1 is 1.39 bits per heavy atom. The van der Waals surface area contributed by atoms with Gasteiger partial charge < -0.3 is 16.0 Å². The Balaban J connectivity index is 1.68. The molecule has 6 heteroatoms. The van der Waals surface area contributed by atoms with E-state index in [2.05, 4.69) is 20.2 Å². The topological polar surface area (TPSA) is 84.1 Å². The molecule has 4 rings (SSSR count). The smallest absolute Gasteiger partial charge is 0.271 e. The van der Waals surface area contributed by atoms with Gasteiger partial charge in [0.25, 0.3) is 5.91 Å². The van der Waals surface area contributed by atoms with Gasteiger partial charge in [0.15, 0.2) is 0 Å². The highest BCUT2D eigenvalue weighted by Crippen LogP contribution is 2.27. The van der Waals surface area contributed by atoms with Gasteiger partial charge in [-0.15, -0.1) is 0 Å². The molecule has 3 saturated heterocycles. The normalized spacial score (nSPS) is 30.1. The summed E-state index contributed by atoms with van der Waals surface area (Å²) in [7, 11) is 0. The molecule has 96 valence electrons. The lowest BCUT2D eigenvalue weighted by molar-refractivity contribution is 0.0617. The van der Waals surface area contributed by atoms with E-state index in [-0.39, 0.29) is 17.8 Å². The Labute approximate surface area is 106 Å². The van der Waals surface area contributed by atoms with E-state index < -0.39 is 0 Å². The molecular formula is C12H17N5O. The quantitative estimate of drug-likeness (QED) is 0.761. The van der Waals surface area contributed by atoms with Crippen LogP contribution in [0.3, 0.4) is 0 Å². The number of anilines is 1. The van der Waals surface area contributed by atoms with E-state index in [4.69, 9.17) is 5.73 Å². The fourth-order valence-electron chi connectivity index (χ4n) is 2.86.